The van der Waals surface area contributed by atoms with Gasteiger partial charge < -0.3 is 19.6 Å². The molecule has 1 saturated heterocycles. The molecule has 0 saturated carbocycles. The number of anilines is 1. The number of nitrogens with zero attached hydrogens (tertiary/aromatic N) is 3. The zero-order valence-corrected chi connectivity index (χ0v) is 13.3. The van der Waals surface area contributed by atoms with Crippen LogP contribution in [0.5, 0.6) is 0 Å². The van der Waals surface area contributed by atoms with E-state index in [1.165, 1.54) is 0 Å². The molecule has 8 heteroatoms. The summed E-state index contributed by atoms with van der Waals surface area (Å²) in [5.41, 5.74) is 1.61. The van der Waals surface area contributed by atoms with Crippen molar-refractivity contribution in [3.63, 3.8) is 0 Å². The summed E-state index contributed by atoms with van der Waals surface area (Å²) in [6, 6.07) is 5.91. The molecule has 1 aliphatic heterocycles. The Morgan fingerprint density at radius 3 is 3.00 bits per heavy atom. The zero-order chi connectivity index (χ0) is 16.8. The second kappa shape index (κ2) is 7.60. The highest BCUT2D eigenvalue weighted by molar-refractivity contribution is 5.70. The molecule has 3 aromatic rings. The second-order valence-corrected chi connectivity index (χ2v) is 5.43. The number of aryl methyl sites for hydroxylation is 1. The van der Waals surface area contributed by atoms with Gasteiger partial charge in [-0.05, 0) is 32.0 Å². The minimum absolute atomic E-state index is 0.433. The van der Waals surface area contributed by atoms with Gasteiger partial charge in [0.25, 0.3) is 0 Å². The number of nitrogens with one attached hydrogen (secondary N) is 2. The molecular weight excluding hydrogens is 310 g/mol. The van der Waals surface area contributed by atoms with Crippen LogP contribution in [0.1, 0.15) is 18.2 Å². The molecule has 8 nitrogen and oxygen atoms in total. The Kier molecular flexibility index (Phi) is 5.07. The molecule has 24 heavy (non-hydrogen) atoms. The highest BCUT2D eigenvalue weighted by Gasteiger charge is 2.16. The lowest BCUT2D eigenvalue weighted by Gasteiger charge is -2.07. The van der Waals surface area contributed by atoms with Crippen molar-refractivity contribution < 1.29 is 13.7 Å². The fourth-order valence-corrected chi connectivity index (χ4v) is 2.44. The normalized spacial score (nSPS) is 16.5. The summed E-state index contributed by atoms with van der Waals surface area (Å²) in [5, 5.41) is 13.7. The van der Waals surface area contributed by atoms with Gasteiger partial charge in [-0.2, -0.15) is 5.10 Å². The molecule has 4 rings (SSSR count). The zero-order valence-electron chi connectivity index (χ0n) is 13.3. The van der Waals surface area contributed by atoms with Gasteiger partial charge in [0.2, 0.25) is 12.2 Å². The summed E-state index contributed by atoms with van der Waals surface area (Å²) in [5.74, 6) is 1.39. The summed E-state index contributed by atoms with van der Waals surface area (Å²) in [7, 11) is 0. The first kappa shape index (κ1) is 16.0. The lowest BCUT2D eigenvalue weighted by molar-refractivity contribution is -0.105. The van der Waals surface area contributed by atoms with Gasteiger partial charge in [0, 0.05) is 18.8 Å². The van der Waals surface area contributed by atoms with Crippen molar-refractivity contribution in [2.24, 2.45) is 0 Å². The van der Waals surface area contributed by atoms with E-state index < -0.39 is 0 Å². The third-order valence-corrected chi connectivity index (χ3v) is 3.63. The van der Waals surface area contributed by atoms with E-state index in [9.17, 15) is 4.79 Å². The number of carbonyl (C=O) groups excluding carboxylic acids is 1. The van der Waals surface area contributed by atoms with Crippen LogP contribution in [0.4, 0.5) is 5.69 Å². The molecule has 4 heterocycles. The van der Waals surface area contributed by atoms with Gasteiger partial charge in [0.05, 0.1) is 29.9 Å². The first-order chi connectivity index (χ1) is 11.8. The fraction of sp³-hybridized carbons (Fsp3) is 0.312. The van der Waals surface area contributed by atoms with Crippen LogP contribution < -0.4 is 10.6 Å². The van der Waals surface area contributed by atoms with Crippen LogP contribution in [0.2, 0.25) is 0 Å². The molecule has 0 aliphatic carbocycles. The third-order valence-electron chi connectivity index (χ3n) is 3.63. The predicted octanol–water partition coefficient (Wildman–Crippen LogP) is 2.23. The second-order valence-electron chi connectivity index (χ2n) is 5.43. The van der Waals surface area contributed by atoms with Crippen LogP contribution in [0.25, 0.3) is 11.5 Å². The topological polar surface area (TPSA) is 98.1 Å². The maximum Gasteiger partial charge on any atom is 0.211 e. The number of hydrogen-bond acceptors (Lipinski definition) is 6. The fourth-order valence-electron chi connectivity index (χ4n) is 2.44. The molecule has 3 aromatic heterocycles. The summed E-state index contributed by atoms with van der Waals surface area (Å²) in [4.78, 5) is 10.1. The van der Waals surface area contributed by atoms with E-state index in [4.69, 9.17) is 8.94 Å². The Morgan fingerprint density at radius 1 is 1.46 bits per heavy atom. The Morgan fingerprint density at radius 2 is 2.38 bits per heavy atom. The van der Waals surface area contributed by atoms with E-state index in [0.29, 0.717) is 24.0 Å². The number of amides is 1. The van der Waals surface area contributed by atoms with Gasteiger partial charge in [-0.3, -0.25) is 9.48 Å². The van der Waals surface area contributed by atoms with Crippen molar-refractivity contribution in [2.45, 2.75) is 19.4 Å². The Hall–Kier alpha value is -2.87. The summed E-state index contributed by atoms with van der Waals surface area (Å²) < 4.78 is 12.0. The number of aromatic nitrogens is 3. The summed E-state index contributed by atoms with van der Waals surface area (Å²) >= 11 is 0. The van der Waals surface area contributed by atoms with E-state index in [1.807, 2.05) is 36.0 Å². The molecule has 1 aliphatic rings. The van der Waals surface area contributed by atoms with Gasteiger partial charge in [-0.25, -0.2) is 0 Å². The van der Waals surface area contributed by atoms with Gasteiger partial charge in [0.15, 0.2) is 5.76 Å². The average molecular weight is 329 g/mol. The maximum atomic E-state index is 10.1. The molecule has 2 N–H and O–H groups in total. The lowest BCUT2D eigenvalue weighted by atomic mass is 10.3. The standard InChI is InChI=1S/C8H12N4O.C8H7NO2/c13-6-10-7-3-11-12(5-7)8-1-2-9-4-8;1-6-5-8(11-9-6)7-3-2-4-10-7/h3,5-6,8-9H,1-2,4H2,(H,10,13);2-5H,1H3. The van der Waals surface area contributed by atoms with Crippen LogP contribution in [-0.2, 0) is 4.79 Å². The van der Waals surface area contributed by atoms with Crippen molar-refractivity contribution >= 4 is 12.1 Å². The highest BCUT2D eigenvalue weighted by atomic mass is 16.5. The number of carbonyl (C=O) groups is 1. The van der Waals surface area contributed by atoms with E-state index in [0.717, 1.165) is 30.9 Å². The highest BCUT2D eigenvalue weighted by Crippen LogP contribution is 2.19. The monoisotopic (exact) mass is 329 g/mol. The smallest absolute Gasteiger partial charge is 0.211 e. The average Bonchev–Trinajstić information content (AvgIpc) is 3.36. The lowest BCUT2D eigenvalue weighted by Crippen LogP contribution is -2.13. The van der Waals surface area contributed by atoms with E-state index >= 15 is 0 Å². The molecule has 126 valence electrons. The molecule has 1 atom stereocenters. The van der Waals surface area contributed by atoms with Crippen molar-refractivity contribution in [3.8, 4) is 11.5 Å². The molecule has 0 aromatic carbocycles. The molecule has 0 spiro atoms. The van der Waals surface area contributed by atoms with Crippen LogP contribution in [0, 0.1) is 6.92 Å². The van der Waals surface area contributed by atoms with Crippen molar-refractivity contribution in [1.82, 2.24) is 20.3 Å². The van der Waals surface area contributed by atoms with E-state index in [1.54, 1.807) is 12.5 Å². The van der Waals surface area contributed by atoms with Crippen molar-refractivity contribution in [2.75, 3.05) is 18.4 Å². The first-order valence-electron chi connectivity index (χ1n) is 7.68. The van der Waals surface area contributed by atoms with Gasteiger partial charge in [-0.15, -0.1) is 0 Å². The van der Waals surface area contributed by atoms with Crippen LogP contribution in [0.3, 0.4) is 0 Å². The Bertz CT molecular complexity index is 756. The first-order valence-corrected chi connectivity index (χ1v) is 7.68. The molecule has 1 unspecified atom stereocenters. The molecule has 0 bridgehead atoms. The molecule has 1 fully saturated rings. The number of rotatable bonds is 4. The van der Waals surface area contributed by atoms with Crippen LogP contribution >= 0.6 is 0 Å². The van der Waals surface area contributed by atoms with Gasteiger partial charge >= 0.3 is 0 Å². The van der Waals surface area contributed by atoms with Gasteiger partial charge in [-0.1, -0.05) is 5.16 Å². The van der Waals surface area contributed by atoms with Crippen LogP contribution in [-0.4, -0.2) is 34.4 Å². The third kappa shape index (κ3) is 3.90. The Labute approximate surface area is 138 Å². The largest absolute Gasteiger partial charge is 0.461 e. The van der Waals surface area contributed by atoms with Crippen molar-refractivity contribution in [1.29, 1.82) is 0 Å². The quantitative estimate of drug-likeness (QED) is 0.712. The summed E-state index contributed by atoms with van der Waals surface area (Å²) in [6.07, 6.45) is 6.88. The van der Waals surface area contributed by atoms with Crippen LogP contribution in [0.15, 0.2) is 45.8 Å². The van der Waals surface area contributed by atoms with Crippen molar-refractivity contribution in [3.05, 3.63) is 42.5 Å². The molecule has 1 amide bonds. The Balaban J connectivity index is 0.000000143. The summed E-state index contributed by atoms with van der Waals surface area (Å²) in [6.45, 7) is 3.87. The number of hydrogen-bond donors (Lipinski definition) is 2. The number of furan rings is 1. The van der Waals surface area contributed by atoms with E-state index in [-0.39, 0.29) is 0 Å². The van der Waals surface area contributed by atoms with Gasteiger partial charge in [0.1, 0.15) is 0 Å². The molecule has 0 radical (unpaired) electrons. The maximum absolute atomic E-state index is 10.1. The minimum atomic E-state index is 0.433. The molecular formula is C16H19N5O3. The van der Waals surface area contributed by atoms with E-state index in [2.05, 4.69) is 20.9 Å². The minimum Gasteiger partial charge on any atom is -0.461 e. The SMILES string of the molecule is Cc1cc(-c2ccco2)on1.O=CNc1cnn(C2CCNC2)c1. The predicted molar refractivity (Wildman–Crippen MR) is 87.4 cm³/mol.